The number of fused-ring (bicyclic) bond motifs is 1. The van der Waals surface area contributed by atoms with E-state index in [4.69, 9.17) is 11.6 Å². The van der Waals surface area contributed by atoms with Gasteiger partial charge in [-0.25, -0.2) is 0 Å². The van der Waals surface area contributed by atoms with Gasteiger partial charge in [0, 0.05) is 69.0 Å². The lowest BCUT2D eigenvalue weighted by molar-refractivity contribution is -0.157. The van der Waals surface area contributed by atoms with Gasteiger partial charge in [-0.15, -0.1) is 0 Å². The van der Waals surface area contributed by atoms with Crippen LogP contribution >= 0.6 is 11.6 Å². The molecule has 3 heterocycles. The molecule has 0 radical (unpaired) electrons. The number of hydrogen-bond acceptors (Lipinski definition) is 12. The molecule has 3 saturated heterocycles. The van der Waals surface area contributed by atoms with Gasteiger partial charge in [-0.3, -0.25) is 57.5 Å². The van der Waals surface area contributed by atoms with E-state index in [0.29, 0.717) is 76.4 Å². The van der Waals surface area contributed by atoms with Gasteiger partial charge in [0.05, 0.1) is 36.6 Å². The lowest BCUT2D eigenvalue weighted by Gasteiger charge is -2.44. The summed E-state index contributed by atoms with van der Waals surface area (Å²) in [5.41, 5.74) is -2.34. The topological polar surface area (TPSA) is 270 Å². The van der Waals surface area contributed by atoms with Crippen molar-refractivity contribution in [3.8, 4) is 0 Å². The van der Waals surface area contributed by atoms with Crippen molar-refractivity contribution >= 4 is 82.5 Å². The van der Waals surface area contributed by atoms with Crippen LogP contribution < -0.4 is 16.0 Å². The van der Waals surface area contributed by atoms with Crippen molar-refractivity contribution in [1.29, 1.82) is 0 Å². The molecule has 1 aromatic carbocycles. The molecule has 0 bridgehead atoms. The molecule has 3 saturated carbocycles. The van der Waals surface area contributed by atoms with Crippen molar-refractivity contribution in [1.82, 2.24) is 60.0 Å². The van der Waals surface area contributed by atoms with Gasteiger partial charge in [0.1, 0.15) is 47.8 Å². The Morgan fingerprint density at radius 1 is 0.608 bits per heavy atom. The first-order chi connectivity index (χ1) is 48.2. The van der Waals surface area contributed by atoms with Gasteiger partial charge >= 0.3 is 6.18 Å². The van der Waals surface area contributed by atoms with Gasteiger partial charge < -0.3 is 60.0 Å². The van der Waals surface area contributed by atoms with Gasteiger partial charge in [0.15, 0.2) is 0 Å². The van der Waals surface area contributed by atoms with Crippen molar-refractivity contribution in [2.75, 3.05) is 88.6 Å². The highest BCUT2D eigenvalue weighted by Crippen LogP contribution is 2.39. The van der Waals surface area contributed by atoms with E-state index >= 15 is 28.8 Å². The molecule has 3 aliphatic heterocycles. The van der Waals surface area contributed by atoms with Crippen LogP contribution in [0.1, 0.15) is 199 Å². The van der Waals surface area contributed by atoms with Crippen molar-refractivity contribution in [3.05, 3.63) is 34.3 Å². The molecule has 7 rings (SSSR count). The molecule has 0 aromatic heterocycles. The fourth-order valence-electron chi connectivity index (χ4n) is 16.0. The van der Waals surface area contributed by atoms with E-state index < -0.39 is 173 Å². The van der Waals surface area contributed by atoms with Gasteiger partial charge in [0.2, 0.25) is 70.9 Å². The minimum Gasteiger partial charge on any atom is -0.343 e. The van der Waals surface area contributed by atoms with E-state index in [2.05, 4.69) is 16.0 Å². The Balaban J connectivity index is 1.30. The number of nitrogens with one attached hydrogen (secondary N) is 3. The number of benzene rings is 1. The summed E-state index contributed by atoms with van der Waals surface area (Å²) >= 11 is 6.18. The predicted octanol–water partition coefficient (Wildman–Crippen LogP) is 6.81. The minimum atomic E-state index is -4.76. The van der Waals surface area contributed by atoms with Crippen molar-refractivity contribution in [3.63, 3.8) is 0 Å². The summed E-state index contributed by atoms with van der Waals surface area (Å²) in [6.45, 7) is 6.48. The van der Waals surface area contributed by atoms with Crippen LogP contribution in [0.15, 0.2) is 18.2 Å². The first-order valence-corrected chi connectivity index (χ1v) is 37.7. The molecule has 3 aliphatic carbocycles. The third kappa shape index (κ3) is 20.9. The van der Waals surface area contributed by atoms with Gasteiger partial charge in [0.25, 0.3) is 0 Å². The Labute approximate surface area is 605 Å². The minimum absolute atomic E-state index is 0.0190. The Hall–Kier alpha value is -7.06. The fourth-order valence-corrected chi connectivity index (χ4v) is 16.3. The average Bonchev–Trinajstić information content (AvgIpc) is 1.39. The second kappa shape index (κ2) is 37.1. The number of nitrogens with zero attached hydrogens (tertiary/aromatic N) is 9. The van der Waals surface area contributed by atoms with Crippen LogP contribution in [-0.4, -0.2) is 251 Å². The normalized spacial score (nSPS) is 26.8. The smallest absolute Gasteiger partial charge is 0.343 e. The number of aryl methyl sites for hydroxylation is 1. The summed E-state index contributed by atoms with van der Waals surface area (Å²) in [5.74, 6) is -8.65. The SMILES string of the molecule is CC[C@H](C)[C@@H]1NC(=O)[C@H](CC(C)C)N(C)C(=O)C[C@@H](C(=O)N2CCCCC2)N(C)C(=O)[C@H](C2CCCCC2)N(C)C(=O)C2(CCCC2)NC(=O)C2CCCCN2C(=O)[C@H](CCc2ccc(C(F)(F)F)c(Cl)c2)NC(=O)CN(C)C(=O)[C@H](CC2CCCCC2)N(C)C(=O)CN(C)C(=O)CN(C)C1=O. The standard InChI is InChI=1S/C74H114ClF3N12O12/c1-12-48(4)63-70(100)84(7)45-61(93)82(5)46-62(94)86(9)57(42-49-26-16-13-17-27-49)68(98)83(6)44-59(91)79-54(34-32-50-31-33-52(53(75)41-50)74(76,77)78)67(97)90-39-25-20-30-55(90)66(96)81-73(35-21-22-36-73)72(102)88(11)64(51-28-18-14-19-29-51)71(101)87(10)58(69(99)89-37-23-15-24-38-89)43-60(92)85(8)56(40-47(2)3)65(95)80-63/h31,33,41,47-49,51,54-58,63-64H,12-30,32,34-40,42-46H2,1-11H3,(H,79,91)(H,80,95)(H,81,96)/t48-,54-,55?,56-,57-,58-,63-,64-/m0/s1. The molecular formula is C74H114ClF3N12O12. The molecule has 1 aromatic rings. The number of halogens is 4. The van der Waals surface area contributed by atoms with Crippen LogP contribution in [-0.2, 0) is 70.1 Å². The summed E-state index contributed by atoms with van der Waals surface area (Å²) in [6, 6.07) is -5.52. The lowest BCUT2D eigenvalue weighted by Crippen LogP contribution is -2.66. The number of carbonyl (C=O) groups excluding carboxylic acids is 12. The van der Waals surface area contributed by atoms with Gasteiger partial charge in [-0.2, -0.15) is 13.2 Å². The molecule has 24 nitrogen and oxygen atoms in total. The van der Waals surface area contributed by atoms with Crippen molar-refractivity contribution in [2.24, 2.45) is 23.7 Å². The number of amides is 12. The predicted molar refractivity (Wildman–Crippen MR) is 378 cm³/mol. The number of hydrogen-bond donors (Lipinski definition) is 3. The highest BCUT2D eigenvalue weighted by Gasteiger charge is 2.51. The zero-order valence-electron chi connectivity index (χ0n) is 62.1. The molecule has 6 aliphatic rings. The molecule has 6 fully saturated rings. The zero-order chi connectivity index (χ0) is 75.1. The van der Waals surface area contributed by atoms with Crippen LogP contribution in [0.4, 0.5) is 13.2 Å². The third-order valence-corrected chi connectivity index (χ3v) is 22.9. The van der Waals surface area contributed by atoms with E-state index in [1.807, 2.05) is 20.8 Å². The first-order valence-electron chi connectivity index (χ1n) is 37.4. The molecule has 28 heteroatoms. The van der Waals surface area contributed by atoms with Crippen LogP contribution in [0.2, 0.25) is 5.02 Å². The Morgan fingerprint density at radius 3 is 1.79 bits per heavy atom. The quantitative estimate of drug-likeness (QED) is 0.206. The van der Waals surface area contributed by atoms with Gasteiger partial charge in [-0.1, -0.05) is 116 Å². The highest BCUT2D eigenvalue weighted by molar-refractivity contribution is 6.31. The molecule has 1 unspecified atom stereocenters. The first kappa shape index (κ1) is 82.2. The van der Waals surface area contributed by atoms with Crippen LogP contribution in [0.25, 0.3) is 0 Å². The summed E-state index contributed by atoms with van der Waals surface area (Å²) in [5, 5.41) is 8.25. The van der Waals surface area contributed by atoms with E-state index in [-0.39, 0.29) is 63.3 Å². The average molecular weight is 1460 g/mol. The van der Waals surface area contributed by atoms with Crippen molar-refractivity contribution < 1.29 is 70.7 Å². The van der Waals surface area contributed by atoms with E-state index in [1.54, 1.807) is 11.8 Å². The summed E-state index contributed by atoms with van der Waals surface area (Å²) in [4.78, 5) is 192. The molecule has 102 heavy (non-hydrogen) atoms. The number of likely N-dealkylation sites (N-methyl/N-ethyl adjacent to an activating group) is 7. The fraction of sp³-hybridized carbons (Fsp3) is 0.757. The van der Waals surface area contributed by atoms with E-state index in [0.717, 1.165) is 84.6 Å². The molecule has 570 valence electrons. The van der Waals surface area contributed by atoms with E-state index in [9.17, 15) is 41.9 Å². The second-order valence-corrected chi connectivity index (χ2v) is 30.9. The number of rotatable bonds is 11. The summed E-state index contributed by atoms with van der Waals surface area (Å²) in [7, 11) is 10.1. The zero-order valence-corrected chi connectivity index (χ0v) is 62.9. The molecular weight excluding hydrogens is 1340 g/mol. The number of alkyl halides is 3. The monoisotopic (exact) mass is 1450 g/mol. The van der Waals surface area contributed by atoms with Gasteiger partial charge in [-0.05, 0) is 131 Å². The Bertz CT molecular complexity index is 3150. The maximum atomic E-state index is 15.9. The number of carbonyl (C=O) groups is 12. The molecule has 8 atom stereocenters. The summed E-state index contributed by atoms with van der Waals surface area (Å²) in [6.07, 6.45) is 7.73. The van der Waals surface area contributed by atoms with E-state index in [1.165, 1.54) is 79.9 Å². The second-order valence-electron chi connectivity index (χ2n) is 30.5. The maximum Gasteiger partial charge on any atom is 0.417 e. The Morgan fingerprint density at radius 2 is 1.19 bits per heavy atom. The van der Waals surface area contributed by atoms with Crippen molar-refractivity contribution in [2.45, 2.75) is 249 Å². The maximum absolute atomic E-state index is 15.9. The lowest BCUT2D eigenvalue weighted by atomic mass is 9.81. The molecule has 12 amide bonds. The summed E-state index contributed by atoms with van der Waals surface area (Å²) < 4.78 is 41.8. The molecule has 3 N–H and O–H groups in total. The largest absolute Gasteiger partial charge is 0.417 e. The highest BCUT2D eigenvalue weighted by atomic mass is 35.5. The van der Waals surface area contributed by atoms with Crippen LogP contribution in [0.3, 0.4) is 0 Å². The van der Waals surface area contributed by atoms with Crippen LogP contribution in [0.5, 0.6) is 0 Å². The number of piperidine rings is 2. The molecule has 1 spiro atoms. The van der Waals surface area contributed by atoms with Crippen LogP contribution in [0, 0.1) is 23.7 Å². The third-order valence-electron chi connectivity index (χ3n) is 22.6. The number of likely N-dealkylation sites (tertiary alicyclic amines) is 1. The Kier molecular flexibility index (Phi) is 29.9.